The second kappa shape index (κ2) is 8.35. The summed E-state index contributed by atoms with van der Waals surface area (Å²) >= 11 is 0. The molecular weight excluding hydrogens is 363 g/mol. The van der Waals surface area contributed by atoms with E-state index < -0.39 is 23.6 Å². The zero-order valence-electron chi connectivity index (χ0n) is 14.2. The summed E-state index contributed by atoms with van der Waals surface area (Å²) in [4.78, 5) is 34.7. The molecular formula is C18H16F3N3O3. The molecule has 6 nitrogen and oxygen atoms in total. The van der Waals surface area contributed by atoms with Gasteiger partial charge in [-0.1, -0.05) is 0 Å². The van der Waals surface area contributed by atoms with Crippen LogP contribution < -0.4 is 16.0 Å². The van der Waals surface area contributed by atoms with Gasteiger partial charge in [0, 0.05) is 23.9 Å². The van der Waals surface area contributed by atoms with Crippen molar-refractivity contribution >= 4 is 29.1 Å². The molecule has 142 valence electrons. The van der Waals surface area contributed by atoms with E-state index in [0.29, 0.717) is 11.4 Å². The van der Waals surface area contributed by atoms with Crippen molar-refractivity contribution in [2.24, 2.45) is 0 Å². The van der Waals surface area contributed by atoms with Crippen LogP contribution in [-0.4, -0.2) is 24.3 Å². The van der Waals surface area contributed by atoms with E-state index in [1.807, 2.05) is 0 Å². The number of nitrogens with one attached hydrogen (secondary N) is 3. The zero-order valence-corrected chi connectivity index (χ0v) is 14.2. The van der Waals surface area contributed by atoms with Gasteiger partial charge < -0.3 is 16.0 Å². The molecule has 0 spiro atoms. The number of hydrogen-bond acceptors (Lipinski definition) is 3. The molecule has 0 radical (unpaired) electrons. The van der Waals surface area contributed by atoms with Crippen molar-refractivity contribution in [1.29, 1.82) is 0 Å². The third-order valence-electron chi connectivity index (χ3n) is 3.37. The quantitative estimate of drug-likeness (QED) is 0.746. The molecule has 0 fully saturated rings. The molecule has 0 aliphatic heterocycles. The van der Waals surface area contributed by atoms with Crippen LogP contribution in [0.5, 0.6) is 0 Å². The molecule has 0 aromatic heterocycles. The lowest BCUT2D eigenvalue weighted by atomic mass is 10.1. The highest BCUT2D eigenvalue weighted by Crippen LogP contribution is 2.29. The maximum Gasteiger partial charge on any atom is 0.416 e. The molecule has 0 aliphatic carbocycles. The van der Waals surface area contributed by atoms with Crippen LogP contribution in [0.3, 0.4) is 0 Å². The summed E-state index contributed by atoms with van der Waals surface area (Å²) in [6.45, 7) is 1.02. The van der Waals surface area contributed by atoms with Crippen LogP contribution in [0.1, 0.15) is 22.8 Å². The Kier molecular flexibility index (Phi) is 6.17. The zero-order chi connectivity index (χ0) is 20.0. The number of carbonyl (C=O) groups excluding carboxylic acids is 3. The molecule has 3 amide bonds. The Morgan fingerprint density at radius 1 is 0.852 bits per heavy atom. The van der Waals surface area contributed by atoms with Gasteiger partial charge in [0.25, 0.3) is 5.91 Å². The first-order valence-corrected chi connectivity index (χ1v) is 7.78. The lowest BCUT2D eigenvalue weighted by Crippen LogP contribution is -2.32. The van der Waals surface area contributed by atoms with Gasteiger partial charge in [-0.3, -0.25) is 14.4 Å². The molecule has 9 heteroatoms. The molecule has 0 heterocycles. The first kappa shape index (κ1) is 20.0. The molecule has 2 rings (SSSR count). The fourth-order valence-corrected chi connectivity index (χ4v) is 2.12. The Labute approximate surface area is 152 Å². The minimum Gasteiger partial charge on any atom is -0.343 e. The molecule has 0 atom stereocenters. The smallest absolute Gasteiger partial charge is 0.343 e. The van der Waals surface area contributed by atoms with E-state index in [2.05, 4.69) is 16.0 Å². The first-order chi connectivity index (χ1) is 12.6. The van der Waals surface area contributed by atoms with Crippen molar-refractivity contribution in [2.45, 2.75) is 13.1 Å². The fraction of sp³-hybridized carbons (Fsp3) is 0.167. The minimum atomic E-state index is -4.48. The van der Waals surface area contributed by atoms with Crippen LogP contribution in [0, 0.1) is 0 Å². The van der Waals surface area contributed by atoms with Gasteiger partial charge in [-0.05, 0) is 48.5 Å². The van der Waals surface area contributed by atoms with E-state index in [1.54, 1.807) is 24.3 Å². The average Bonchev–Trinajstić information content (AvgIpc) is 2.60. The molecule has 0 aliphatic rings. The van der Waals surface area contributed by atoms with Crippen LogP contribution in [0.15, 0.2) is 48.5 Å². The summed E-state index contributed by atoms with van der Waals surface area (Å²) in [5.41, 5.74) is 0.170. The van der Waals surface area contributed by atoms with Crippen LogP contribution in [0.4, 0.5) is 24.5 Å². The number of rotatable bonds is 5. The van der Waals surface area contributed by atoms with Gasteiger partial charge in [0.05, 0.1) is 12.1 Å². The van der Waals surface area contributed by atoms with Crippen molar-refractivity contribution < 1.29 is 27.6 Å². The van der Waals surface area contributed by atoms with Crippen LogP contribution >= 0.6 is 0 Å². The summed E-state index contributed by atoms with van der Waals surface area (Å²) in [5, 5.41) is 7.45. The van der Waals surface area contributed by atoms with Crippen molar-refractivity contribution in [2.75, 3.05) is 17.2 Å². The lowest BCUT2D eigenvalue weighted by molar-refractivity contribution is -0.137. The van der Waals surface area contributed by atoms with Gasteiger partial charge >= 0.3 is 6.18 Å². The van der Waals surface area contributed by atoms with Crippen molar-refractivity contribution in [3.63, 3.8) is 0 Å². The van der Waals surface area contributed by atoms with Gasteiger partial charge in [0.2, 0.25) is 11.8 Å². The SMILES string of the molecule is CC(=O)Nc1ccc(NC(=O)CNC(=O)c2ccc(C(F)(F)F)cc2)cc1. The Bertz CT molecular complexity index is 832. The second-order valence-corrected chi connectivity index (χ2v) is 5.56. The fourth-order valence-electron chi connectivity index (χ4n) is 2.12. The van der Waals surface area contributed by atoms with Crippen molar-refractivity contribution in [3.05, 3.63) is 59.7 Å². The monoisotopic (exact) mass is 379 g/mol. The molecule has 2 aromatic rings. The number of amides is 3. The van der Waals surface area contributed by atoms with E-state index in [-0.39, 0.29) is 18.0 Å². The highest BCUT2D eigenvalue weighted by atomic mass is 19.4. The molecule has 3 N–H and O–H groups in total. The predicted octanol–water partition coefficient (Wildman–Crippen LogP) is 3.03. The average molecular weight is 379 g/mol. The van der Waals surface area contributed by atoms with Gasteiger partial charge in [-0.15, -0.1) is 0 Å². The first-order valence-electron chi connectivity index (χ1n) is 7.78. The maximum atomic E-state index is 12.5. The van der Waals surface area contributed by atoms with Crippen LogP contribution in [0.2, 0.25) is 0 Å². The molecule has 2 aromatic carbocycles. The second-order valence-electron chi connectivity index (χ2n) is 5.56. The van der Waals surface area contributed by atoms with E-state index in [4.69, 9.17) is 0 Å². The van der Waals surface area contributed by atoms with Gasteiger partial charge in [0.1, 0.15) is 0 Å². The third kappa shape index (κ3) is 6.14. The molecule has 0 saturated heterocycles. The summed E-state index contributed by atoms with van der Waals surface area (Å²) < 4.78 is 37.5. The topological polar surface area (TPSA) is 87.3 Å². The van der Waals surface area contributed by atoms with Crippen molar-refractivity contribution in [1.82, 2.24) is 5.32 Å². The Morgan fingerprint density at radius 2 is 1.37 bits per heavy atom. The Balaban J connectivity index is 1.86. The summed E-state index contributed by atoms with van der Waals surface area (Å²) in [7, 11) is 0. The van der Waals surface area contributed by atoms with E-state index in [1.165, 1.54) is 6.92 Å². The normalized spacial score (nSPS) is 10.8. The number of alkyl halides is 3. The van der Waals surface area contributed by atoms with Crippen molar-refractivity contribution in [3.8, 4) is 0 Å². The maximum absolute atomic E-state index is 12.5. The van der Waals surface area contributed by atoms with E-state index in [9.17, 15) is 27.6 Å². The minimum absolute atomic E-state index is 0.00969. The number of benzene rings is 2. The number of anilines is 2. The molecule has 0 saturated carbocycles. The van der Waals surface area contributed by atoms with Crippen LogP contribution in [-0.2, 0) is 15.8 Å². The lowest BCUT2D eigenvalue weighted by Gasteiger charge is -2.09. The van der Waals surface area contributed by atoms with Gasteiger partial charge in [-0.25, -0.2) is 0 Å². The highest BCUT2D eigenvalue weighted by molar-refractivity contribution is 5.99. The van der Waals surface area contributed by atoms with Crippen LogP contribution in [0.25, 0.3) is 0 Å². The standard InChI is InChI=1S/C18H16F3N3O3/c1-11(25)23-14-6-8-15(9-7-14)24-16(26)10-22-17(27)12-2-4-13(5-3-12)18(19,20)21/h2-9H,10H2,1H3,(H,22,27)(H,23,25)(H,24,26). The predicted molar refractivity (Wildman–Crippen MR) is 93.2 cm³/mol. The Morgan fingerprint density at radius 3 is 1.85 bits per heavy atom. The summed E-state index contributed by atoms with van der Waals surface area (Å²) in [5.74, 6) is -1.40. The number of carbonyl (C=O) groups is 3. The number of halogens is 3. The third-order valence-corrected chi connectivity index (χ3v) is 3.37. The molecule has 0 bridgehead atoms. The number of hydrogen-bond donors (Lipinski definition) is 3. The molecule has 27 heavy (non-hydrogen) atoms. The van der Waals surface area contributed by atoms with E-state index in [0.717, 1.165) is 24.3 Å². The summed E-state index contributed by atoms with van der Waals surface area (Å²) in [6, 6.07) is 10.0. The Hall–Kier alpha value is -3.36. The summed E-state index contributed by atoms with van der Waals surface area (Å²) in [6.07, 6.45) is -4.48. The largest absolute Gasteiger partial charge is 0.416 e. The molecule has 0 unspecified atom stereocenters. The van der Waals surface area contributed by atoms with Gasteiger partial charge in [-0.2, -0.15) is 13.2 Å². The highest BCUT2D eigenvalue weighted by Gasteiger charge is 2.30. The van der Waals surface area contributed by atoms with Gasteiger partial charge in [0.15, 0.2) is 0 Å². The van der Waals surface area contributed by atoms with E-state index >= 15 is 0 Å².